The van der Waals surface area contributed by atoms with Crippen molar-refractivity contribution in [2.75, 3.05) is 6.54 Å². The van der Waals surface area contributed by atoms with Crippen molar-refractivity contribution in [3.8, 4) is 6.07 Å². The van der Waals surface area contributed by atoms with E-state index in [-0.39, 0.29) is 0 Å². The highest BCUT2D eigenvalue weighted by Crippen LogP contribution is 1.95. The molecule has 0 aliphatic heterocycles. The van der Waals surface area contributed by atoms with Crippen LogP contribution < -0.4 is 5.32 Å². The summed E-state index contributed by atoms with van der Waals surface area (Å²) in [5.74, 6) is 0.970. The van der Waals surface area contributed by atoms with Gasteiger partial charge in [0.1, 0.15) is 12.2 Å². The smallest absolute Gasteiger partial charge is 0.146 e. The Labute approximate surface area is 90.1 Å². The van der Waals surface area contributed by atoms with E-state index in [1.807, 2.05) is 4.57 Å². The average molecular weight is 207 g/mol. The summed E-state index contributed by atoms with van der Waals surface area (Å²) in [6, 6.07) is 2.14. The third-order valence-electron chi connectivity index (χ3n) is 2.21. The van der Waals surface area contributed by atoms with Crippen LogP contribution >= 0.6 is 0 Å². The molecule has 0 atom stereocenters. The Balaban J connectivity index is 2.12. The third-order valence-corrected chi connectivity index (χ3v) is 2.21. The topological polar surface area (TPSA) is 66.5 Å². The van der Waals surface area contributed by atoms with Gasteiger partial charge in [0, 0.05) is 13.0 Å². The normalized spacial score (nSPS) is 10.1. The molecule has 0 aliphatic rings. The lowest BCUT2D eigenvalue weighted by atomic mass is 10.2. The van der Waals surface area contributed by atoms with Gasteiger partial charge in [0.25, 0.3) is 0 Å². The lowest BCUT2D eigenvalue weighted by Crippen LogP contribution is -2.17. The monoisotopic (exact) mass is 207 g/mol. The first-order valence-electron chi connectivity index (χ1n) is 5.32. The van der Waals surface area contributed by atoms with Gasteiger partial charge in [-0.15, -0.1) is 10.2 Å². The standard InChI is InChI=1S/C10H17N5/c1-2-15-9-13-14-10(15)8-12-7-5-3-4-6-11/h9,12H,2-5,7-8H2,1H3. The Kier molecular flexibility index (Phi) is 5.41. The highest BCUT2D eigenvalue weighted by atomic mass is 15.3. The summed E-state index contributed by atoms with van der Waals surface area (Å²) in [7, 11) is 0. The Hall–Kier alpha value is -1.41. The van der Waals surface area contributed by atoms with Gasteiger partial charge >= 0.3 is 0 Å². The molecule has 15 heavy (non-hydrogen) atoms. The molecular formula is C10H17N5. The first-order valence-corrected chi connectivity index (χ1v) is 5.32. The highest BCUT2D eigenvalue weighted by Gasteiger charge is 2.00. The van der Waals surface area contributed by atoms with E-state index in [4.69, 9.17) is 5.26 Å². The maximum Gasteiger partial charge on any atom is 0.146 e. The van der Waals surface area contributed by atoms with Gasteiger partial charge in [0.15, 0.2) is 0 Å². The predicted molar refractivity (Wildman–Crippen MR) is 56.9 cm³/mol. The summed E-state index contributed by atoms with van der Waals surface area (Å²) in [6.45, 7) is 4.65. The number of hydrogen-bond acceptors (Lipinski definition) is 4. The van der Waals surface area contributed by atoms with Gasteiger partial charge < -0.3 is 9.88 Å². The maximum atomic E-state index is 8.35. The summed E-state index contributed by atoms with van der Waals surface area (Å²) < 4.78 is 2.02. The van der Waals surface area contributed by atoms with Gasteiger partial charge in [-0.3, -0.25) is 0 Å². The minimum absolute atomic E-state index is 0.646. The molecule has 1 heterocycles. The molecule has 1 aromatic heterocycles. The van der Waals surface area contributed by atoms with Gasteiger partial charge in [-0.25, -0.2) is 0 Å². The lowest BCUT2D eigenvalue weighted by molar-refractivity contribution is 0.585. The molecule has 0 saturated carbocycles. The van der Waals surface area contributed by atoms with Crippen LogP contribution in [0.3, 0.4) is 0 Å². The van der Waals surface area contributed by atoms with Crippen molar-refractivity contribution in [2.45, 2.75) is 39.3 Å². The van der Waals surface area contributed by atoms with Crippen LogP contribution in [0.5, 0.6) is 0 Å². The summed E-state index contributed by atoms with van der Waals surface area (Å²) in [4.78, 5) is 0. The van der Waals surface area contributed by atoms with Crippen LogP contribution in [0.2, 0.25) is 0 Å². The van der Waals surface area contributed by atoms with Crippen LogP contribution in [-0.4, -0.2) is 21.3 Å². The molecule has 0 fully saturated rings. The number of rotatable bonds is 7. The fourth-order valence-corrected chi connectivity index (χ4v) is 1.33. The number of nitrogens with zero attached hydrogens (tertiary/aromatic N) is 4. The van der Waals surface area contributed by atoms with Gasteiger partial charge in [0.05, 0.1) is 12.6 Å². The van der Waals surface area contributed by atoms with E-state index >= 15 is 0 Å². The van der Waals surface area contributed by atoms with Crippen LogP contribution in [0.1, 0.15) is 32.0 Å². The molecule has 0 aromatic carbocycles. The number of nitriles is 1. The van der Waals surface area contributed by atoms with E-state index in [1.165, 1.54) is 0 Å². The van der Waals surface area contributed by atoms with Crippen molar-refractivity contribution in [1.82, 2.24) is 20.1 Å². The van der Waals surface area contributed by atoms with E-state index in [0.717, 1.165) is 38.3 Å². The second-order valence-electron chi connectivity index (χ2n) is 3.33. The predicted octanol–water partition coefficient (Wildman–Crippen LogP) is 1.08. The third kappa shape index (κ3) is 4.09. The molecule has 0 spiro atoms. The molecule has 1 rings (SSSR count). The zero-order valence-corrected chi connectivity index (χ0v) is 9.11. The van der Waals surface area contributed by atoms with Crippen LogP contribution in [0.4, 0.5) is 0 Å². The summed E-state index contributed by atoms with van der Waals surface area (Å²) in [6.07, 6.45) is 4.39. The SMILES string of the molecule is CCn1cnnc1CNCCCCC#N. The summed E-state index contributed by atoms with van der Waals surface area (Å²) >= 11 is 0. The molecule has 0 amide bonds. The first kappa shape index (κ1) is 11.7. The molecule has 5 heteroatoms. The lowest BCUT2D eigenvalue weighted by Gasteiger charge is -2.04. The second-order valence-corrected chi connectivity index (χ2v) is 3.33. The van der Waals surface area contributed by atoms with Crippen molar-refractivity contribution in [3.05, 3.63) is 12.2 Å². The summed E-state index contributed by atoms with van der Waals surface area (Å²) in [5.41, 5.74) is 0. The highest BCUT2D eigenvalue weighted by molar-refractivity contribution is 4.84. The van der Waals surface area contributed by atoms with Crippen LogP contribution in [0.15, 0.2) is 6.33 Å². The fourth-order valence-electron chi connectivity index (χ4n) is 1.33. The molecule has 0 radical (unpaired) electrons. The number of nitrogens with one attached hydrogen (secondary N) is 1. The van der Waals surface area contributed by atoms with Crippen molar-refractivity contribution in [2.24, 2.45) is 0 Å². The fraction of sp³-hybridized carbons (Fsp3) is 0.700. The number of unbranched alkanes of at least 4 members (excludes halogenated alkanes) is 2. The Bertz CT molecular complexity index is 312. The molecular weight excluding hydrogens is 190 g/mol. The van der Waals surface area contributed by atoms with Gasteiger partial charge in [-0.2, -0.15) is 5.26 Å². The molecule has 1 N–H and O–H groups in total. The molecule has 5 nitrogen and oxygen atoms in total. The average Bonchev–Trinajstić information content (AvgIpc) is 2.70. The van der Waals surface area contributed by atoms with E-state index in [2.05, 4.69) is 28.5 Å². The van der Waals surface area contributed by atoms with Crippen molar-refractivity contribution in [1.29, 1.82) is 5.26 Å². The minimum atomic E-state index is 0.646. The van der Waals surface area contributed by atoms with Gasteiger partial charge in [0.2, 0.25) is 0 Å². The quantitative estimate of drug-likeness (QED) is 0.679. The van der Waals surface area contributed by atoms with Crippen molar-refractivity contribution >= 4 is 0 Å². The molecule has 0 unspecified atom stereocenters. The molecule has 0 saturated heterocycles. The molecule has 1 aromatic rings. The van der Waals surface area contributed by atoms with E-state index in [1.54, 1.807) is 6.33 Å². The van der Waals surface area contributed by atoms with Crippen LogP contribution in [0.25, 0.3) is 0 Å². The number of hydrogen-bond donors (Lipinski definition) is 1. The molecule has 0 aliphatic carbocycles. The van der Waals surface area contributed by atoms with Crippen LogP contribution in [0, 0.1) is 11.3 Å². The van der Waals surface area contributed by atoms with Crippen molar-refractivity contribution in [3.63, 3.8) is 0 Å². The largest absolute Gasteiger partial charge is 0.317 e. The molecule has 82 valence electrons. The second kappa shape index (κ2) is 6.96. The van der Waals surface area contributed by atoms with E-state index < -0.39 is 0 Å². The van der Waals surface area contributed by atoms with E-state index in [9.17, 15) is 0 Å². The Morgan fingerprint density at radius 3 is 3.13 bits per heavy atom. The summed E-state index contributed by atoms with van der Waals surface area (Å²) in [5, 5.41) is 19.5. The zero-order valence-electron chi connectivity index (χ0n) is 9.11. The number of aromatic nitrogens is 3. The first-order chi connectivity index (χ1) is 7.38. The maximum absolute atomic E-state index is 8.35. The van der Waals surface area contributed by atoms with E-state index in [0.29, 0.717) is 6.42 Å². The van der Waals surface area contributed by atoms with Gasteiger partial charge in [-0.05, 0) is 26.3 Å². The van der Waals surface area contributed by atoms with Gasteiger partial charge in [-0.1, -0.05) is 0 Å². The Morgan fingerprint density at radius 2 is 2.40 bits per heavy atom. The molecule has 0 bridgehead atoms. The minimum Gasteiger partial charge on any atom is -0.317 e. The Morgan fingerprint density at radius 1 is 1.53 bits per heavy atom. The number of aryl methyl sites for hydroxylation is 1. The van der Waals surface area contributed by atoms with Crippen molar-refractivity contribution < 1.29 is 0 Å². The van der Waals surface area contributed by atoms with Crippen LogP contribution in [-0.2, 0) is 13.1 Å². The zero-order chi connectivity index (χ0) is 10.9.